The molecule has 1 heterocycles. The number of ether oxygens (including phenoxy) is 1. The van der Waals surface area contributed by atoms with Crippen LogP contribution in [0.3, 0.4) is 0 Å². The van der Waals surface area contributed by atoms with Crippen molar-refractivity contribution in [2.24, 2.45) is 5.92 Å². The number of nitrogens with zero attached hydrogens (tertiary/aromatic N) is 1. The number of carbonyl (C=O) groups excluding carboxylic acids is 1. The van der Waals surface area contributed by atoms with Crippen LogP contribution >= 0.6 is 0 Å². The Morgan fingerprint density at radius 3 is 2.86 bits per heavy atom. The molecule has 2 aromatic rings. The van der Waals surface area contributed by atoms with Crippen molar-refractivity contribution in [3.8, 4) is 11.8 Å². The van der Waals surface area contributed by atoms with Crippen LogP contribution in [0.2, 0.25) is 0 Å². The monoisotopic (exact) mass is 378 g/mol. The fourth-order valence-electron chi connectivity index (χ4n) is 3.31. The maximum atomic E-state index is 12.5. The Balaban J connectivity index is 1.54. The van der Waals surface area contributed by atoms with Crippen LogP contribution in [0.25, 0.3) is 0 Å². The van der Waals surface area contributed by atoms with Gasteiger partial charge < -0.3 is 10.1 Å². The first-order valence-corrected chi connectivity index (χ1v) is 9.57. The van der Waals surface area contributed by atoms with Crippen LogP contribution in [-0.4, -0.2) is 18.0 Å². The molecule has 0 bridgehead atoms. The van der Waals surface area contributed by atoms with E-state index in [0.29, 0.717) is 35.6 Å². The van der Waals surface area contributed by atoms with E-state index < -0.39 is 0 Å². The van der Waals surface area contributed by atoms with E-state index in [9.17, 15) is 4.79 Å². The molecule has 1 aliphatic rings. The first-order valence-electron chi connectivity index (χ1n) is 9.57. The van der Waals surface area contributed by atoms with E-state index in [1.54, 1.807) is 18.2 Å². The Labute approximate surface area is 165 Å². The first kappa shape index (κ1) is 19.9. The third-order valence-electron chi connectivity index (χ3n) is 4.62. The molecule has 6 heteroatoms. The standard InChI is InChI=1S/C22H26N4O2/c1-15(2)9-19-12-21(26-25-19)22(27)24-18-7-4-8-20(11-18)28-14-17-6-3-5-16(10-17)13-23/h3-8,10-11,15,19,21,25-26H,9,12,14H2,1-2H3,(H,24,27). The second kappa shape index (κ2) is 9.36. The van der Waals surface area contributed by atoms with Gasteiger partial charge in [-0.05, 0) is 48.6 Å². The molecule has 2 atom stereocenters. The molecule has 3 rings (SSSR count). The van der Waals surface area contributed by atoms with Crippen LogP contribution in [0.1, 0.15) is 37.8 Å². The van der Waals surface area contributed by atoms with Crippen LogP contribution in [-0.2, 0) is 11.4 Å². The van der Waals surface area contributed by atoms with Crippen molar-refractivity contribution < 1.29 is 9.53 Å². The third kappa shape index (κ3) is 5.56. The van der Waals surface area contributed by atoms with Gasteiger partial charge in [0.25, 0.3) is 0 Å². The number of amides is 1. The van der Waals surface area contributed by atoms with E-state index in [0.717, 1.165) is 18.4 Å². The molecule has 2 aromatic carbocycles. The fraction of sp³-hybridized carbons (Fsp3) is 0.364. The molecule has 6 nitrogen and oxygen atoms in total. The molecule has 28 heavy (non-hydrogen) atoms. The molecule has 0 saturated carbocycles. The van der Waals surface area contributed by atoms with Gasteiger partial charge in [-0.2, -0.15) is 5.26 Å². The van der Waals surface area contributed by atoms with E-state index in [4.69, 9.17) is 10.00 Å². The number of hydrogen-bond donors (Lipinski definition) is 3. The Morgan fingerprint density at radius 2 is 2.07 bits per heavy atom. The van der Waals surface area contributed by atoms with E-state index in [-0.39, 0.29) is 11.9 Å². The number of hydrogen-bond acceptors (Lipinski definition) is 5. The van der Waals surface area contributed by atoms with Crippen molar-refractivity contribution in [3.05, 3.63) is 59.7 Å². The van der Waals surface area contributed by atoms with Crippen molar-refractivity contribution >= 4 is 11.6 Å². The van der Waals surface area contributed by atoms with Gasteiger partial charge in [0, 0.05) is 17.8 Å². The number of benzene rings is 2. The molecule has 146 valence electrons. The van der Waals surface area contributed by atoms with Crippen molar-refractivity contribution in [3.63, 3.8) is 0 Å². The first-order chi connectivity index (χ1) is 13.5. The topological polar surface area (TPSA) is 86.2 Å². The summed E-state index contributed by atoms with van der Waals surface area (Å²) in [6.07, 6.45) is 1.81. The summed E-state index contributed by atoms with van der Waals surface area (Å²) >= 11 is 0. The minimum absolute atomic E-state index is 0.0578. The van der Waals surface area contributed by atoms with Crippen molar-refractivity contribution in [2.45, 2.75) is 45.4 Å². The third-order valence-corrected chi connectivity index (χ3v) is 4.62. The van der Waals surface area contributed by atoms with Crippen LogP contribution < -0.4 is 20.9 Å². The molecule has 1 aliphatic heterocycles. The van der Waals surface area contributed by atoms with Gasteiger partial charge >= 0.3 is 0 Å². The molecule has 1 amide bonds. The predicted octanol–water partition coefficient (Wildman–Crippen LogP) is 3.36. The molecule has 0 spiro atoms. The largest absolute Gasteiger partial charge is 0.489 e. The van der Waals surface area contributed by atoms with Crippen LogP contribution in [0.4, 0.5) is 5.69 Å². The van der Waals surface area contributed by atoms with Gasteiger partial charge in [0.15, 0.2) is 0 Å². The SMILES string of the molecule is CC(C)CC1CC(C(=O)Nc2cccc(OCc3cccc(C#N)c3)c2)NN1. The second-order valence-corrected chi connectivity index (χ2v) is 7.52. The van der Waals surface area contributed by atoms with Crippen molar-refractivity contribution in [1.29, 1.82) is 5.26 Å². The fourth-order valence-corrected chi connectivity index (χ4v) is 3.31. The zero-order chi connectivity index (χ0) is 19.9. The average Bonchev–Trinajstić information content (AvgIpc) is 3.15. The van der Waals surface area contributed by atoms with Crippen LogP contribution in [0, 0.1) is 17.2 Å². The van der Waals surface area contributed by atoms with Gasteiger partial charge in [0.1, 0.15) is 18.4 Å². The number of nitriles is 1. The molecule has 1 fully saturated rings. The van der Waals surface area contributed by atoms with Gasteiger partial charge in [-0.15, -0.1) is 0 Å². The number of anilines is 1. The number of carbonyl (C=O) groups is 1. The lowest BCUT2D eigenvalue weighted by molar-refractivity contribution is -0.117. The zero-order valence-electron chi connectivity index (χ0n) is 16.2. The van der Waals surface area contributed by atoms with Crippen LogP contribution in [0.15, 0.2) is 48.5 Å². The summed E-state index contributed by atoms with van der Waals surface area (Å²) in [5.74, 6) is 1.19. The predicted molar refractivity (Wildman–Crippen MR) is 108 cm³/mol. The molecule has 1 saturated heterocycles. The summed E-state index contributed by atoms with van der Waals surface area (Å²) in [6.45, 7) is 4.71. The van der Waals surface area contributed by atoms with E-state index >= 15 is 0 Å². The summed E-state index contributed by atoms with van der Waals surface area (Å²) in [5, 5.41) is 11.9. The Morgan fingerprint density at radius 1 is 1.25 bits per heavy atom. The summed E-state index contributed by atoms with van der Waals surface area (Å²) in [6, 6.07) is 16.8. The lowest BCUT2D eigenvalue weighted by Gasteiger charge is -2.13. The zero-order valence-corrected chi connectivity index (χ0v) is 16.2. The smallest absolute Gasteiger partial charge is 0.242 e. The molecule has 0 aliphatic carbocycles. The maximum Gasteiger partial charge on any atom is 0.242 e. The molecular formula is C22H26N4O2. The van der Waals surface area contributed by atoms with Gasteiger partial charge in [-0.3, -0.25) is 10.2 Å². The Bertz CT molecular complexity index is 860. The van der Waals surface area contributed by atoms with Gasteiger partial charge in [-0.1, -0.05) is 32.0 Å². The van der Waals surface area contributed by atoms with Gasteiger partial charge in [0.05, 0.1) is 11.6 Å². The summed E-state index contributed by atoms with van der Waals surface area (Å²) in [4.78, 5) is 12.5. The molecule has 0 aromatic heterocycles. The highest BCUT2D eigenvalue weighted by molar-refractivity contribution is 5.95. The molecule has 3 N–H and O–H groups in total. The van der Waals surface area contributed by atoms with Gasteiger partial charge in [-0.25, -0.2) is 5.43 Å². The normalized spacial score (nSPS) is 18.6. The van der Waals surface area contributed by atoms with E-state index in [2.05, 4.69) is 36.1 Å². The van der Waals surface area contributed by atoms with Crippen LogP contribution in [0.5, 0.6) is 5.75 Å². The number of nitrogens with one attached hydrogen (secondary N) is 3. The maximum absolute atomic E-state index is 12.5. The van der Waals surface area contributed by atoms with E-state index in [1.807, 2.05) is 30.3 Å². The average molecular weight is 378 g/mol. The van der Waals surface area contributed by atoms with Crippen molar-refractivity contribution in [1.82, 2.24) is 10.9 Å². The second-order valence-electron chi connectivity index (χ2n) is 7.52. The Hall–Kier alpha value is -2.88. The minimum atomic E-state index is -0.248. The van der Waals surface area contributed by atoms with Gasteiger partial charge in [0.2, 0.25) is 5.91 Å². The summed E-state index contributed by atoms with van der Waals surface area (Å²) in [5.41, 5.74) is 8.52. The minimum Gasteiger partial charge on any atom is -0.489 e. The molecule has 2 unspecified atom stereocenters. The highest BCUT2D eigenvalue weighted by Gasteiger charge is 2.29. The highest BCUT2D eigenvalue weighted by Crippen LogP contribution is 2.20. The highest BCUT2D eigenvalue weighted by atomic mass is 16.5. The summed E-state index contributed by atoms with van der Waals surface area (Å²) < 4.78 is 5.81. The quantitative estimate of drug-likeness (QED) is 0.688. The van der Waals surface area contributed by atoms with E-state index in [1.165, 1.54) is 0 Å². The van der Waals surface area contributed by atoms with Crippen molar-refractivity contribution in [2.75, 3.05) is 5.32 Å². The Kier molecular flexibility index (Phi) is 6.64. The lowest BCUT2D eigenvalue weighted by atomic mass is 10.00. The molecule has 0 radical (unpaired) electrons. The summed E-state index contributed by atoms with van der Waals surface area (Å²) in [7, 11) is 0. The number of hydrazine groups is 1. The number of rotatable bonds is 7. The molecular weight excluding hydrogens is 352 g/mol. The lowest BCUT2D eigenvalue weighted by Crippen LogP contribution is -2.40.